The van der Waals surface area contributed by atoms with Crippen molar-refractivity contribution in [2.75, 3.05) is 0 Å². The van der Waals surface area contributed by atoms with E-state index in [4.69, 9.17) is 0 Å². The number of aldehydes is 1. The first-order valence-corrected chi connectivity index (χ1v) is 5.61. The molecule has 0 bridgehead atoms. The van der Waals surface area contributed by atoms with Gasteiger partial charge in [0.25, 0.3) is 0 Å². The van der Waals surface area contributed by atoms with E-state index in [0.717, 1.165) is 6.29 Å². The van der Waals surface area contributed by atoms with Gasteiger partial charge < -0.3 is 0 Å². The van der Waals surface area contributed by atoms with Crippen LogP contribution in [0.4, 0.5) is 0 Å². The van der Waals surface area contributed by atoms with Crippen molar-refractivity contribution in [3.05, 3.63) is 12.2 Å². The molecule has 2 saturated carbocycles. The molecule has 78 valence electrons. The Morgan fingerprint density at radius 1 is 1.14 bits per heavy atom. The second-order valence-corrected chi connectivity index (χ2v) is 5.94. The number of fused-ring (bicyclic) bond motifs is 1. The maximum Gasteiger partial charge on any atom is 0.142 e. The molecule has 0 amide bonds. The molecule has 2 atom stereocenters. The third-order valence-corrected chi connectivity index (χ3v) is 4.82. The van der Waals surface area contributed by atoms with E-state index in [1.54, 1.807) is 6.08 Å². The molecule has 0 heterocycles. The number of carbonyl (C=O) groups is 1. The zero-order valence-corrected chi connectivity index (χ0v) is 9.47. The summed E-state index contributed by atoms with van der Waals surface area (Å²) in [5.74, 6) is 0. The van der Waals surface area contributed by atoms with E-state index in [1.807, 2.05) is 0 Å². The van der Waals surface area contributed by atoms with Gasteiger partial charge in [0.05, 0.1) is 0 Å². The van der Waals surface area contributed by atoms with Gasteiger partial charge >= 0.3 is 0 Å². The van der Waals surface area contributed by atoms with Crippen molar-refractivity contribution in [2.24, 2.45) is 16.2 Å². The minimum Gasteiger partial charge on any atom is -0.299 e. The van der Waals surface area contributed by atoms with E-state index < -0.39 is 0 Å². The molecular formula is C13H20O. The van der Waals surface area contributed by atoms with Crippen LogP contribution >= 0.6 is 0 Å². The number of hydrogen-bond donors (Lipinski definition) is 0. The van der Waals surface area contributed by atoms with Gasteiger partial charge in [0.15, 0.2) is 0 Å². The molecule has 1 nitrogen and oxygen atoms in total. The molecule has 0 radical (unpaired) electrons. The minimum atomic E-state index is 0.319. The first kappa shape index (κ1) is 9.95. The smallest absolute Gasteiger partial charge is 0.142 e. The summed E-state index contributed by atoms with van der Waals surface area (Å²) in [5, 5.41) is 0. The SMILES string of the molecule is CC1(C)CCC[C@@]2(C)C[C@]12/C=C/C=O. The average molecular weight is 192 g/mol. The predicted octanol–water partition coefficient (Wildman–Crippen LogP) is 3.35. The average Bonchev–Trinajstić information content (AvgIpc) is 2.70. The Balaban J connectivity index is 2.32. The second kappa shape index (κ2) is 2.71. The van der Waals surface area contributed by atoms with Gasteiger partial charge in [0.2, 0.25) is 0 Å². The molecule has 14 heavy (non-hydrogen) atoms. The third kappa shape index (κ3) is 1.04. The first-order chi connectivity index (χ1) is 6.47. The summed E-state index contributed by atoms with van der Waals surface area (Å²) in [6.07, 6.45) is 10.1. The number of hydrogen-bond acceptors (Lipinski definition) is 1. The molecule has 0 saturated heterocycles. The predicted molar refractivity (Wildman–Crippen MR) is 58.0 cm³/mol. The lowest BCUT2D eigenvalue weighted by Gasteiger charge is -2.41. The van der Waals surface area contributed by atoms with Gasteiger partial charge in [0.1, 0.15) is 6.29 Å². The van der Waals surface area contributed by atoms with Crippen molar-refractivity contribution in [1.29, 1.82) is 0 Å². The Morgan fingerprint density at radius 3 is 2.43 bits per heavy atom. The largest absolute Gasteiger partial charge is 0.299 e. The van der Waals surface area contributed by atoms with Gasteiger partial charge in [-0.25, -0.2) is 0 Å². The van der Waals surface area contributed by atoms with Gasteiger partial charge in [-0.15, -0.1) is 0 Å². The maximum absolute atomic E-state index is 10.4. The van der Waals surface area contributed by atoms with Crippen LogP contribution in [0.3, 0.4) is 0 Å². The normalized spacial score (nSPS) is 44.8. The minimum absolute atomic E-state index is 0.319. The van der Waals surface area contributed by atoms with Crippen LogP contribution in [0, 0.1) is 16.2 Å². The van der Waals surface area contributed by atoms with Crippen LogP contribution in [-0.2, 0) is 4.79 Å². The zero-order valence-electron chi connectivity index (χ0n) is 9.47. The number of rotatable bonds is 2. The highest BCUT2D eigenvalue weighted by molar-refractivity contribution is 5.65. The van der Waals surface area contributed by atoms with E-state index >= 15 is 0 Å². The maximum atomic E-state index is 10.4. The van der Waals surface area contributed by atoms with Crippen molar-refractivity contribution in [2.45, 2.75) is 46.5 Å². The lowest BCUT2D eigenvalue weighted by atomic mass is 9.63. The van der Waals surface area contributed by atoms with E-state index in [1.165, 1.54) is 25.7 Å². The highest BCUT2D eigenvalue weighted by Gasteiger charge is 2.69. The summed E-state index contributed by atoms with van der Waals surface area (Å²) >= 11 is 0. The van der Waals surface area contributed by atoms with Crippen molar-refractivity contribution in [3.63, 3.8) is 0 Å². The molecule has 2 aliphatic carbocycles. The quantitative estimate of drug-likeness (QED) is 0.484. The third-order valence-electron chi connectivity index (χ3n) is 4.82. The summed E-state index contributed by atoms with van der Waals surface area (Å²) in [5.41, 5.74) is 1.17. The molecule has 0 aromatic heterocycles. The Morgan fingerprint density at radius 2 is 1.86 bits per heavy atom. The Kier molecular flexibility index (Phi) is 1.93. The van der Waals surface area contributed by atoms with Crippen molar-refractivity contribution in [1.82, 2.24) is 0 Å². The Labute approximate surface area is 86.6 Å². The van der Waals surface area contributed by atoms with Crippen LogP contribution in [0.25, 0.3) is 0 Å². The Bertz CT molecular complexity index is 290. The molecule has 0 aromatic rings. The summed E-state index contributed by atoms with van der Waals surface area (Å²) in [7, 11) is 0. The molecule has 0 N–H and O–H groups in total. The molecule has 0 spiro atoms. The van der Waals surface area contributed by atoms with Gasteiger partial charge in [-0.2, -0.15) is 0 Å². The van der Waals surface area contributed by atoms with Gasteiger partial charge in [-0.1, -0.05) is 33.3 Å². The van der Waals surface area contributed by atoms with Crippen LogP contribution in [0.2, 0.25) is 0 Å². The fourth-order valence-electron chi connectivity index (χ4n) is 3.77. The molecule has 0 unspecified atom stereocenters. The van der Waals surface area contributed by atoms with Gasteiger partial charge in [-0.3, -0.25) is 4.79 Å². The van der Waals surface area contributed by atoms with E-state index in [9.17, 15) is 4.79 Å². The standard InChI is InChI=1S/C13H20O/c1-11(2)6-4-7-12(3)10-13(11,12)8-5-9-14/h5,8-9H,4,6-7,10H2,1-3H3/b8-5+/t12-,13+/m0/s1. The highest BCUT2D eigenvalue weighted by atomic mass is 16.1. The molecule has 2 aliphatic rings. The topological polar surface area (TPSA) is 17.1 Å². The van der Waals surface area contributed by atoms with Gasteiger partial charge in [0, 0.05) is 0 Å². The molecule has 1 heteroatoms. The van der Waals surface area contributed by atoms with Crippen LogP contribution in [0.5, 0.6) is 0 Å². The van der Waals surface area contributed by atoms with Crippen LogP contribution in [0.1, 0.15) is 46.5 Å². The van der Waals surface area contributed by atoms with E-state index in [-0.39, 0.29) is 0 Å². The molecule has 0 aliphatic heterocycles. The number of carbonyl (C=O) groups excluding carboxylic acids is 1. The first-order valence-electron chi connectivity index (χ1n) is 5.61. The van der Waals surface area contributed by atoms with Crippen molar-refractivity contribution >= 4 is 6.29 Å². The van der Waals surface area contributed by atoms with Crippen LogP contribution < -0.4 is 0 Å². The summed E-state index contributed by atoms with van der Waals surface area (Å²) in [6.45, 7) is 7.09. The monoisotopic (exact) mass is 192 g/mol. The fraction of sp³-hybridized carbons (Fsp3) is 0.769. The molecule has 2 fully saturated rings. The summed E-state index contributed by atoms with van der Waals surface area (Å²) in [4.78, 5) is 10.4. The van der Waals surface area contributed by atoms with E-state index in [0.29, 0.717) is 16.2 Å². The molecule has 0 aromatic carbocycles. The second-order valence-electron chi connectivity index (χ2n) is 5.94. The highest BCUT2D eigenvalue weighted by Crippen LogP contribution is 2.78. The lowest BCUT2D eigenvalue weighted by Crippen LogP contribution is -2.32. The van der Waals surface area contributed by atoms with Crippen molar-refractivity contribution in [3.8, 4) is 0 Å². The zero-order chi connectivity index (χ0) is 10.4. The molecule has 2 rings (SSSR count). The fourth-order valence-corrected chi connectivity index (χ4v) is 3.77. The Hall–Kier alpha value is -0.590. The molecular weight excluding hydrogens is 172 g/mol. The van der Waals surface area contributed by atoms with E-state index in [2.05, 4.69) is 26.8 Å². The van der Waals surface area contributed by atoms with Gasteiger partial charge in [-0.05, 0) is 41.6 Å². The van der Waals surface area contributed by atoms with Crippen molar-refractivity contribution < 1.29 is 4.79 Å². The van der Waals surface area contributed by atoms with Crippen LogP contribution in [0.15, 0.2) is 12.2 Å². The summed E-state index contributed by atoms with van der Waals surface area (Å²) in [6, 6.07) is 0. The number of allylic oxidation sites excluding steroid dienone is 2. The summed E-state index contributed by atoms with van der Waals surface area (Å²) < 4.78 is 0. The lowest BCUT2D eigenvalue weighted by molar-refractivity contribution is -0.104. The van der Waals surface area contributed by atoms with Crippen LogP contribution in [-0.4, -0.2) is 6.29 Å².